The lowest BCUT2D eigenvalue weighted by Crippen LogP contribution is -2.34. The first-order chi connectivity index (χ1) is 13.2. The Labute approximate surface area is 160 Å². The van der Waals surface area contributed by atoms with E-state index < -0.39 is 0 Å². The van der Waals surface area contributed by atoms with Crippen LogP contribution in [-0.2, 0) is 13.0 Å². The summed E-state index contributed by atoms with van der Waals surface area (Å²) in [6.45, 7) is 6.95. The predicted octanol–water partition coefficient (Wildman–Crippen LogP) is 4.10. The van der Waals surface area contributed by atoms with Gasteiger partial charge < -0.3 is 5.32 Å². The quantitative estimate of drug-likeness (QED) is 0.763. The summed E-state index contributed by atoms with van der Waals surface area (Å²) in [6, 6.07) is 18.0. The minimum atomic E-state index is -0.0489. The van der Waals surface area contributed by atoms with Crippen molar-refractivity contribution in [2.24, 2.45) is 0 Å². The molecule has 2 aromatic carbocycles. The van der Waals surface area contributed by atoms with Crippen LogP contribution in [-0.4, -0.2) is 28.9 Å². The van der Waals surface area contributed by atoms with E-state index >= 15 is 0 Å². The number of carbonyl (C=O) groups is 1. The van der Waals surface area contributed by atoms with Crippen LogP contribution < -0.4 is 5.32 Å². The van der Waals surface area contributed by atoms with Crippen LogP contribution in [0, 0.1) is 0 Å². The van der Waals surface area contributed by atoms with E-state index in [1.807, 2.05) is 61.5 Å². The van der Waals surface area contributed by atoms with E-state index in [4.69, 9.17) is 4.98 Å². The Morgan fingerprint density at radius 2 is 1.89 bits per heavy atom. The molecule has 138 valence electrons. The van der Waals surface area contributed by atoms with E-state index in [9.17, 15) is 4.79 Å². The third-order valence-corrected chi connectivity index (χ3v) is 5.45. The van der Waals surface area contributed by atoms with Crippen LogP contribution >= 0.6 is 0 Å². The fourth-order valence-corrected chi connectivity index (χ4v) is 3.87. The molecule has 1 aliphatic rings. The minimum Gasteiger partial charge on any atom is -0.345 e. The molecule has 0 spiro atoms. The smallest absolute Gasteiger partial charge is 0.252 e. The average molecular weight is 359 g/mol. The fourth-order valence-electron chi connectivity index (χ4n) is 3.87. The summed E-state index contributed by atoms with van der Waals surface area (Å²) in [6.07, 6.45) is 0.891. The van der Waals surface area contributed by atoms with E-state index in [-0.39, 0.29) is 11.9 Å². The van der Waals surface area contributed by atoms with Gasteiger partial charge in [-0.3, -0.25) is 14.7 Å². The van der Waals surface area contributed by atoms with Gasteiger partial charge in [0.25, 0.3) is 5.91 Å². The third-order valence-electron chi connectivity index (χ3n) is 5.45. The van der Waals surface area contributed by atoms with Gasteiger partial charge in [-0.1, -0.05) is 55.5 Å². The lowest BCUT2D eigenvalue weighted by atomic mass is 9.94. The molecule has 2 heterocycles. The molecule has 0 saturated carbocycles. The fraction of sp³-hybridized carbons (Fsp3) is 0.304. The van der Waals surface area contributed by atoms with Crippen molar-refractivity contribution in [3.8, 4) is 0 Å². The van der Waals surface area contributed by atoms with Gasteiger partial charge in [0.05, 0.1) is 17.1 Å². The number of hydrogen-bond donors (Lipinski definition) is 1. The Balaban J connectivity index is 1.76. The second kappa shape index (κ2) is 7.49. The summed E-state index contributed by atoms with van der Waals surface area (Å²) in [5, 5.41) is 4.14. The third kappa shape index (κ3) is 3.45. The molecule has 4 heteroatoms. The lowest BCUT2D eigenvalue weighted by molar-refractivity contribution is 0.0938. The van der Waals surface area contributed by atoms with Gasteiger partial charge in [-0.25, -0.2) is 0 Å². The molecule has 27 heavy (non-hydrogen) atoms. The van der Waals surface area contributed by atoms with E-state index in [2.05, 4.69) is 17.1 Å². The Hall–Kier alpha value is -2.72. The molecule has 1 amide bonds. The summed E-state index contributed by atoms with van der Waals surface area (Å²) in [5.41, 5.74) is 4.94. The molecule has 0 unspecified atom stereocenters. The number of nitrogens with zero attached hydrogens (tertiary/aromatic N) is 2. The van der Waals surface area contributed by atoms with Gasteiger partial charge in [0.15, 0.2) is 0 Å². The summed E-state index contributed by atoms with van der Waals surface area (Å²) < 4.78 is 0. The number of carbonyl (C=O) groups excluding carboxylic acids is 1. The minimum absolute atomic E-state index is 0.0147. The Bertz CT molecular complexity index is 968. The zero-order valence-corrected chi connectivity index (χ0v) is 15.9. The van der Waals surface area contributed by atoms with Crippen LogP contribution in [0.4, 0.5) is 0 Å². The zero-order chi connectivity index (χ0) is 18.8. The highest BCUT2D eigenvalue weighted by molar-refractivity contribution is 6.07. The summed E-state index contributed by atoms with van der Waals surface area (Å²) in [4.78, 5) is 20.6. The highest BCUT2D eigenvalue weighted by atomic mass is 16.1. The molecule has 0 aliphatic carbocycles. The molecule has 0 fully saturated rings. The SMILES string of the molecule is CCN1CCc2nc3ccccc3c(C(=O)N[C@H](C)c3ccccc3)c2C1. The van der Waals surface area contributed by atoms with Crippen molar-refractivity contribution in [1.82, 2.24) is 15.2 Å². The summed E-state index contributed by atoms with van der Waals surface area (Å²) >= 11 is 0. The van der Waals surface area contributed by atoms with Crippen LogP contribution in [0.15, 0.2) is 54.6 Å². The summed E-state index contributed by atoms with van der Waals surface area (Å²) in [7, 11) is 0. The maximum Gasteiger partial charge on any atom is 0.252 e. The van der Waals surface area contributed by atoms with E-state index in [0.29, 0.717) is 0 Å². The van der Waals surface area contributed by atoms with Crippen molar-refractivity contribution in [2.75, 3.05) is 13.1 Å². The highest BCUT2D eigenvalue weighted by Gasteiger charge is 2.25. The normalized spacial score (nSPS) is 15.3. The van der Waals surface area contributed by atoms with Gasteiger partial charge in [0.2, 0.25) is 0 Å². The van der Waals surface area contributed by atoms with Crippen LogP contribution in [0.5, 0.6) is 0 Å². The number of pyridine rings is 1. The van der Waals surface area contributed by atoms with Crippen molar-refractivity contribution >= 4 is 16.8 Å². The molecule has 0 bridgehead atoms. The highest BCUT2D eigenvalue weighted by Crippen LogP contribution is 2.28. The van der Waals surface area contributed by atoms with Crippen molar-refractivity contribution < 1.29 is 4.79 Å². The largest absolute Gasteiger partial charge is 0.345 e. The van der Waals surface area contributed by atoms with Gasteiger partial charge in [-0.2, -0.15) is 0 Å². The molecule has 1 atom stereocenters. The molecule has 3 aromatic rings. The standard InChI is InChI=1S/C23H25N3O/c1-3-26-14-13-21-19(15-26)22(18-11-7-8-12-20(18)25-21)23(27)24-16(2)17-9-5-4-6-10-17/h4-12,16H,3,13-15H2,1-2H3,(H,24,27)/t16-/m1/s1. The molecule has 1 aromatic heterocycles. The first-order valence-corrected chi connectivity index (χ1v) is 9.66. The molecule has 0 saturated heterocycles. The van der Waals surface area contributed by atoms with Crippen LogP contribution in [0.25, 0.3) is 10.9 Å². The number of fused-ring (bicyclic) bond motifs is 2. The number of benzene rings is 2. The number of para-hydroxylation sites is 1. The second-order valence-corrected chi connectivity index (χ2v) is 7.15. The van der Waals surface area contributed by atoms with Gasteiger partial charge in [-0.05, 0) is 25.1 Å². The van der Waals surface area contributed by atoms with Crippen LogP contribution in [0.3, 0.4) is 0 Å². The van der Waals surface area contributed by atoms with E-state index in [1.165, 1.54) is 0 Å². The van der Waals surface area contributed by atoms with Crippen molar-refractivity contribution in [3.63, 3.8) is 0 Å². The number of rotatable bonds is 4. The number of hydrogen-bond acceptors (Lipinski definition) is 3. The van der Waals surface area contributed by atoms with Gasteiger partial charge in [0, 0.05) is 36.2 Å². The molecule has 0 radical (unpaired) electrons. The predicted molar refractivity (Wildman–Crippen MR) is 109 cm³/mol. The van der Waals surface area contributed by atoms with Gasteiger partial charge in [0.1, 0.15) is 0 Å². The van der Waals surface area contributed by atoms with E-state index in [0.717, 1.165) is 59.3 Å². The second-order valence-electron chi connectivity index (χ2n) is 7.15. The van der Waals surface area contributed by atoms with E-state index in [1.54, 1.807) is 0 Å². The van der Waals surface area contributed by atoms with Crippen molar-refractivity contribution in [1.29, 1.82) is 0 Å². The Morgan fingerprint density at radius 1 is 1.15 bits per heavy atom. The number of likely N-dealkylation sites (N-methyl/N-ethyl adjacent to an activating group) is 1. The van der Waals surface area contributed by atoms with Crippen molar-refractivity contribution in [3.05, 3.63) is 77.0 Å². The molecule has 4 nitrogen and oxygen atoms in total. The van der Waals surface area contributed by atoms with Gasteiger partial charge in [-0.15, -0.1) is 0 Å². The van der Waals surface area contributed by atoms with Crippen LogP contribution in [0.2, 0.25) is 0 Å². The topological polar surface area (TPSA) is 45.2 Å². The monoisotopic (exact) mass is 359 g/mol. The Morgan fingerprint density at radius 3 is 2.67 bits per heavy atom. The molecular weight excluding hydrogens is 334 g/mol. The zero-order valence-electron chi connectivity index (χ0n) is 15.9. The maximum absolute atomic E-state index is 13.4. The number of amides is 1. The number of nitrogens with one attached hydrogen (secondary N) is 1. The first kappa shape index (κ1) is 17.7. The lowest BCUT2D eigenvalue weighted by Gasteiger charge is -2.29. The summed E-state index contributed by atoms with van der Waals surface area (Å²) in [5.74, 6) is -0.0147. The number of aromatic nitrogens is 1. The molecule has 4 rings (SSSR count). The maximum atomic E-state index is 13.4. The molecule has 1 aliphatic heterocycles. The van der Waals surface area contributed by atoms with Gasteiger partial charge >= 0.3 is 0 Å². The first-order valence-electron chi connectivity index (χ1n) is 9.66. The molecular formula is C23H25N3O. The Kier molecular flexibility index (Phi) is 4.90. The average Bonchev–Trinajstić information content (AvgIpc) is 2.72. The van der Waals surface area contributed by atoms with Crippen LogP contribution in [0.1, 0.15) is 47.1 Å². The van der Waals surface area contributed by atoms with Crippen molar-refractivity contribution in [2.45, 2.75) is 32.9 Å². The molecule has 1 N–H and O–H groups in total.